The molecule has 1 heterocycles. The molecule has 0 radical (unpaired) electrons. The van der Waals surface area contributed by atoms with E-state index in [0.717, 1.165) is 43.2 Å². The van der Waals surface area contributed by atoms with Crippen LogP contribution >= 0.6 is 34.4 Å². The third-order valence-corrected chi connectivity index (χ3v) is 5.53. The van der Waals surface area contributed by atoms with Crippen LogP contribution in [0.25, 0.3) is 0 Å². The molecule has 1 N–H and O–H groups in total. The summed E-state index contributed by atoms with van der Waals surface area (Å²) in [7, 11) is 0. The summed E-state index contributed by atoms with van der Waals surface area (Å²) in [5, 5.41) is 4.10. The maximum absolute atomic E-state index is 4.76. The first-order valence-electron chi connectivity index (χ1n) is 7.53. The molecule has 5 heteroatoms. The largest absolute Gasteiger partial charge is 0.369 e. The zero-order valence-corrected chi connectivity index (χ0v) is 16.0. The van der Waals surface area contributed by atoms with Crippen LogP contribution in [0.4, 0.5) is 5.82 Å². The number of nitrogens with one attached hydrogen (secondary N) is 1. The number of nitrogens with zero attached hydrogens (tertiary/aromatic N) is 2. The Morgan fingerprint density at radius 1 is 1.20 bits per heavy atom. The quantitative estimate of drug-likeness (QED) is 0.592. The van der Waals surface area contributed by atoms with Gasteiger partial charge >= 0.3 is 0 Å². The highest BCUT2D eigenvalue weighted by Crippen LogP contribution is 2.24. The Kier molecular flexibility index (Phi) is 8.84. The molecule has 0 aliphatic heterocycles. The molecule has 1 unspecified atom stereocenters. The third kappa shape index (κ3) is 5.76. The predicted molar refractivity (Wildman–Crippen MR) is 98.6 cm³/mol. The van der Waals surface area contributed by atoms with Gasteiger partial charge in [0, 0.05) is 11.8 Å². The van der Waals surface area contributed by atoms with E-state index < -0.39 is 0 Å². The fraction of sp³-hybridized carbons (Fsp3) is 0.733. The fourth-order valence-electron chi connectivity index (χ4n) is 1.71. The van der Waals surface area contributed by atoms with Gasteiger partial charge in [-0.2, -0.15) is 11.8 Å². The summed E-state index contributed by atoms with van der Waals surface area (Å²) in [6.07, 6.45) is 4.46. The van der Waals surface area contributed by atoms with Gasteiger partial charge in [-0.3, -0.25) is 0 Å². The first-order valence-corrected chi connectivity index (χ1v) is 9.65. The third-order valence-electron chi connectivity index (χ3n) is 3.07. The number of anilines is 1. The molecule has 114 valence electrons. The number of aryl methyl sites for hydroxylation is 1. The maximum atomic E-state index is 4.76. The van der Waals surface area contributed by atoms with E-state index in [4.69, 9.17) is 9.97 Å². The molecule has 0 saturated carbocycles. The molecule has 3 nitrogen and oxygen atoms in total. The van der Waals surface area contributed by atoms with Gasteiger partial charge in [0.1, 0.15) is 11.6 Å². The van der Waals surface area contributed by atoms with Crippen LogP contribution in [0, 0.1) is 3.57 Å². The lowest BCUT2D eigenvalue weighted by Crippen LogP contribution is -2.11. The number of halogens is 1. The van der Waals surface area contributed by atoms with Gasteiger partial charge in [0.25, 0.3) is 0 Å². The second-order valence-electron chi connectivity index (χ2n) is 4.96. The summed E-state index contributed by atoms with van der Waals surface area (Å²) < 4.78 is 1.19. The Bertz CT molecular complexity index is 412. The molecular formula is C15H26IN3S. The van der Waals surface area contributed by atoms with Gasteiger partial charge in [0.2, 0.25) is 0 Å². The molecule has 0 aliphatic carbocycles. The van der Waals surface area contributed by atoms with E-state index in [0.29, 0.717) is 5.25 Å². The Morgan fingerprint density at radius 2 is 1.95 bits per heavy atom. The van der Waals surface area contributed by atoms with Gasteiger partial charge < -0.3 is 5.32 Å². The Hall–Kier alpha value is -0.0400. The average Bonchev–Trinajstić information content (AvgIpc) is 2.46. The van der Waals surface area contributed by atoms with Crippen molar-refractivity contribution in [2.24, 2.45) is 0 Å². The highest BCUT2D eigenvalue weighted by Gasteiger charge is 2.12. The number of hydrogen-bond acceptors (Lipinski definition) is 4. The van der Waals surface area contributed by atoms with Gasteiger partial charge in [-0.05, 0) is 41.9 Å². The topological polar surface area (TPSA) is 37.8 Å². The first-order chi connectivity index (χ1) is 9.62. The van der Waals surface area contributed by atoms with Gasteiger partial charge in [-0.1, -0.05) is 34.1 Å². The van der Waals surface area contributed by atoms with Gasteiger partial charge in [0.15, 0.2) is 0 Å². The second-order valence-corrected chi connectivity index (χ2v) is 7.46. The first kappa shape index (κ1) is 18.0. The molecule has 20 heavy (non-hydrogen) atoms. The summed E-state index contributed by atoms with van der Waals surface area (Å²) in [6.45, 7) is 9.83. The van der Waals surface area contributed by atoms with Crippen LogP contribution in [0.3, 0.4) is 0 Å². The van der Waals surface area contributed by atoms with Gasteiger partial charge in [-0.25, -0.2) is 9.97 Å². The van der Waals surface area contributed by atoms with E-state index in [-0.39, 0.29) is 0 Å². The molecule has 0 aromatic carbocycles. The number of aromatic nitrogens is 2. The van der Waals surface area contributed by atoms with E-state index in [2.05, 4.69) is 55.6 Å². The van der Waals surface area contributed by atoms with Crippen molar-refractivity contribution in [1.82, 2.24) is 9.97 Å². The lowest BCUT2D eigenvalue weighted by Gasteiger charge is -2.13. The molecule has 0 saturated heterocycles. The van der Waals surface area contributed by atoms with Crippen molar-refractivity contribution in [3.8, 4) is 0 Å². The second kappa shape index (κ2) is 9.82. The molecule has 1 atom stereocenters. The van der Waals surface area contributed by atoms with Crippen LogP contribution in [0.15, 0.2) is 0 Å². The fourth-order valence-corrected chi connectivity index (χ4v) is 3.21. The van der Waals surface area contributed by atoms with Crippen molar-refractivity contribution >= 4 is 40.2 Å². The number of hydrogen-bond donors (Lipinski definition) is 1. The van der Waals surface area contributed by atoms with Gasteiger partial charge in [0.05, 0.1) is 15.0 Å². The zero-order valence-electron chi connectivity index (χ0n) is 13.0. The van der Waals surface area contributed by atoms with Crippen molar-refractivity contribution in [2.75, 3.05) is 11.9 Å². The Balaban J connectivity index is 2.89. The number of rotatable bonds is 9. The highest BCUT2D eigenvalue weighted by atomic mass is 127. The number of thioether (sulfide) groups is 1. The SMILES string of the molecule is CCCNc1nc(CSC(C)CC)nc(CCC)c1I. The molecular weight excluding hydrogens is 381 g/mol. The Morgan fingerprint density at radius 3 is 2.55 bits per heavy atom. The molecule has 0 fully saturated rings. The molecule has 0 spiro atoms. The van der Waals surface area contributed by atoms with E-state index in [1.165, 1.54) is 15.7 Å². The maximum Gasteiger partial charge on any atom is 0.143 e. The molecule has 1 rings (SSSR count). The van der Waals surface area contributed by atoms with E-state index in [1.54, 1.807) is 0 Å². The summed E-state index contributed by atoms with van der Waals surface area (Å²) >= 11 is 4.31. The lowest BCUT2D eigenvalue weighted by atomic mass is 10.2. The van der Waals surface area contributed by atoms with Crippen molar-refractivity contribution in [2.45, 2.75) is 64.4 Å². The van der Waals surface area contributed by atoms with E-state index in [9.17, 15) is 0 Å². The highest BCUT2D eigenvalue weighted by molar-refractivity contribution is 14.1. The van der Waals surface area contributed by atoms with E-state index in [1.807, 2.05) is 11.8 Å². The summed E-state index contributed by atoms with van der Waals surface area (Å²) in [5.74, 6) is 2.90. The van der Waals surface area contributed by atoms with Crippen LogP contribution in [-0.2, 0) is 12.2 Å². The minimum Gasteiger partial charge on any atom is -0.369 e. The predicted octanol–water partition coefficient (Wildman–Crippen LogP) is 4.89. The molecule has 1 aromatic heterocycles. The smallest absolute Gasteiger partial charge is 0.143 e. The Labute approximate surface area is 141 Å². The monoisotopic (exact) mass is 407 g/mol. The van der Waals surface area contributed by atoms with Crippen LogP contribution < -0.4 is 5.32 Å². The minimum atomic E-state index is 0.666. The minimum absolute atomic E-state index is 0.666. The standard InChI is InChI=1S/C15H26IN3S/c1-5-8-12-14(16)15(17-9-6-2)19-13(18-12)10-20-11(4)7-3/h11H,5-10H2,1-4H3,(H,17,18,19). The van der Waals surface area contributed by atoms with Crippen molar-refractivity contribution in [3.63, 3.8) is 0 Å². The summed E-state index contributed by atoms with van der Waals surface area (Å²) in [5.41, 5.74) is 1.20. The van der Waals surface area contributed by atoms with Crippen molar-refractivity contribution < 1.29 is 0 Å². The van der Waals surface area contributed by atoms with Crippen LogP contribution in [0.1, 0.15) is 58.5 Å². The molecule has 0 aliphatic rings. The van der Waals surface area contributed by atoms with Crippen LogP contribution in [0.5, 0.6) is 0 Å². The van der Waals surface area contributed by atoms with Gasteiger partial charge in [-0.15, -0.1) is 0 Å². The summed E-state index contributed by atoms with van der Waals surface area (Å²) in [4.78, 5) is 9.47. The van der Waals surface area contributed by atoms with Crippen LogP contribution in [-0.4, -0.2) is 21.8 Å². The van der Waals surface area contributed by atoms with E-state index >= 15 is 0 Å². The lowest BCUT2D eigenvalue weighted by molar-refractivity contribution is 0.839. The molecule has 0 bridgehead atoms. The zero-order chi connectivity index (χ0) is 15.0. The summed E-state index contributed by atoms with van der Waals surface area (Å²) in [6, 6.07) is 0. The average molecular weight is 407 g/mol. The molecule has 1 aromatic rings. The van der Waals surface area contributed by atoms with Crippen molar-refractivity contribution in [1.29, 1.82) is 0 Å². The normalized spacial score (nSPS) is 12.4. The van der Waals surface area contributed by atoms with Crippen molar-refractivity contribution in [3.05, 3.63) is 15.1 Å². The molecule has 0 amide bonds. The van der Waals surface area contributed by atoms with Crippen LogP contribution in [0.2, 0.25) is 0 Å².